The molecule has 1 aromatic rings. The second-order valence-electron chi connectivity index (χ2n) is 5.44. The lowest BCUT2D eigenvalue weighted by molar-refractivity contribution is 0.297. The zero-order chi connectivity index (χ0) is 21.9. The summed E-state index contributed by atoms with van der Waals surface area (Å²) in [5, 5.41) is 2.07. The minimum Gasteiger partial charge on any atom is -0.496 e. The number of hydrogen-bond donors (Lipinski definition) is 0. The molecule has 0 N–H and O–H groups in total. The Morgan fingerprint density at radius 2 is 1.86 bits per heavy atom. The predicted molar refractivity (Wildman–Crippen MR) is 131 cm³/mol. The lowest BCUT2D eigenvalue weighted by atomic mass is 9.99. The number of methoxy groups -OCH3 is 1. The highest BCUT2D eigenvalue weighted by Crippen LogP contribution is 2.24. The summed E-state index contributed by atoms with van der Waals surface area (Å²) in [6.07, 6.45) is 11.0. The number of hydrogen-bond acceptors (Lipinski definition) is 3. The standard InChI is InChI=1S/C21H27NOS.C2H6.C2H4/c1-7-20(21(23-6)16(2)3)17(4)10-8-11-18(22-5)13-14-19-12-9-15-24-19;2*1-2/h7-9,11-15H,4,10H2,1-3,5-6H3;1-2H3;1-2H2/b11-8-,14-13+,20-7-,22-18?;;. The second-order valence-corrected chi connectivity index (χ2v) is 6.42. The van der Waals surface area contributed by atoms with E-state index in [2.05, 4.69) is 48.3 Å². The molecule has 1 aromatic heterocycles. The van der Waals surface area contributed by atoms with E-state index in [0.29, 0.717) is 0 Å². The third-order valence-corrected chi connectivity index (χ3v) is 4.28. The molecular formula is C25H37NOS. The van der Waals surface area contributed by atoms with E-state index in [1.165, 1.54) is 4.88 Å². The number of thiophene rings is 1. The maximum Gasteiger partial charge on any atom is 0.124 e. The lowest BCUT2D eigenvalue weighted by Gasteiger charge is -2.14. The Hall–Kier alpha value is -2.39. The minimum atomic E-state index is 0.756. The number of allylic oxidation sites excluding steroid dienone is 6. The van der Waals surface area contributed by atoms with Crippen molar-refractivity contribution < 1.29 is 4.74 Å². The van der Waals surface area contributed by atoms with Crippen molar-refractivity contribution in [1.29, 1.82) is 0 Å². The molecule has 0 aliphatic rings. The van der Waals surface area contributed by atoms with E-state index in [-0.39, 0.29) is 0 Å². The van der Waals surface area contributed by atoms with Gasteiger partial charge in [-0.15, -0.1) is 24.5 Å². The van der Waals surface area contributed by atoms with Crippen LogP contribution in [0, 0.1) is 0 Å². The van der Waals surface area contributed by atoms with Crippen LogP contribution in [0.2, 0.25) is 0 Å². The van der Waals surface area contributed by atoms with Crippen LogP contribution in [-0.2, 0) is 4.74 Å². The molecule has 0 amide bonds. The van der Waals surface area contributed by atoms with Gasteiger partial charge in [-0.25, -0.2) is 0 Å². The molecule has 0 aromatic carbocycles. The van der Waals surface area contributed by atoms with Crippen molar-refractivity contribution >= 4 is 23.1 Å². The van der Waals surface area contributed by atoms with Crippen LogP contribution in [0.4, 0.5) is 0 Å². The van der Waals surface area contributed by atoms with Gasteiger partial charge in [0.15, 0.2) is 0 Å². The number of ether oxygens (including phenoxy) is 1. The Balaban J connectivity index is 0. The summed E-state index contributed by atoms with van der Waals surface area (Å²) in [6, 6.07) is 4.13. The van der Waals surface area contributed by atoms with Gasteiger partial charge in [-0.05, 0) is 68.0 Å². The number of aliphatic imine (C=N–C) groups is 1. The Morgan fingerprint density at radius 1 is 1.21 bits per heavy atom. The third-order valence-electron chi connectivity index (χ3n) is 3.45. The molecule has 1 rings (SSSR count). The van der Waals surface area contributed by atoms with Crippen molar-refractivity contribution in [2.24, 2.45) is 4.99 Å². The molecule has 1 heterocycles. The first-order valence-corrected chi connectivity index (χ1v) is 10.3. The van der Waals surface area contributed by atoms with Gasteiger partial charge >= 0.3 is 0 Å². The Labute approximate surface area is 177 Å². The quantitative estimate of drug-likeness (QED) is 0.187. The highest BCUT2D eigenvalue weighted by atomic mass is 32.1. The van der Waals surface area contributed by atoms with Crippen LogP contribution >= 0.6 is 11.3 Å². The molecule has 0 radical (unpaired) electrons. The topological polar surface area (TPSA) is 21.6 Å². The van der Waals surface area contributed by atoms with Crippen LogP contribution in [0.1, 0.15) is 45.9 Å². The van der Waals surface area contributed by atoms with Crippen molar-refractivity contribution in [3.63, 3.8) is 0 Å². The van der Waals surface area contributed by atoms with E-state index < -0.39 is 0 Å². The summed E-state index contributed by atoms with van der Waals surface area (Å²) in [5.41, 5.74) is 4.17. The van der Waals surface area contributed by atoms with Crippen LogP contribution in [0.3, 0.4) is 0 Å². The average Bonchev–Trinajstić information content (AvgIpc) is 3.24. The molecule has 0 saturated carbocycles. The maximum atomic E-state index is 5.51. The number of nitrogens with zero attached hydrogens (tertiary/aromatic N) is 1. The third kappa shape index (κ3) is 10.7. The maximum absolute atomic E-state index is 5.51. The highest BCUT2D eigenvalue weighted by Gasteiger charge is 2.09. The fourth-order valence-corrected chi connectivity index (χ4v) is 2.89. The number of rotatable bonds is 8. The smallest absolute Gasteiger partial charge is 0.124 e. The monoisotopic (exact) mass is 399 g/mol. The zero-order valence-electron chi connectivity index (χ0n) is 18.7. The van der Waals surface area contributed by atoms with Crippen molar-refractivity contribution in [2.75, 3.05) is 14.2 Å². The van der Waals surface area contributed by atoms with Gasteiger partial charge in [-0.2, -0.15) is 0 Å². The van der Waals surface area contributed by atoms with Crippen molar-refractivity contribution in [2.45, 2.75) is 41.0 Å². The molecule has 28 heavy (non-hydrogen) atoms. The molecular weight excluding hydrogens is 362 g/mol. The van der Waals surface area contributed by atoms with E-state index in [0.717, 1.165) is 34.6 Å². The molecule has 2 nitrogen and oxygen atoms in total. The molecule has 154 valence electrons. The van der Waals surface area contributed by atoms with E-state index in [1.54, 1.807) is 25.5 Å². The summed E-state index contributed by atoms with van der Waals surface area (Å²) >= 11 is 1.71. The van der Waals surface area contributed by atoms with Gasteiger partial charge in [-0.1, -0.05) is 38.6 Å². The van der Waals surface area contributed by atoms with Crippen LogP contribution in [-0.4, -0.2) is 19.9 Å². The molecule has 0 unspecified atom stereocenters. The van der Waals surface area contributed by atoms with Gasteiger partial charge in [-0.3, -0.25) is 4.99 Å². The predicted octanol–water partition coefficient (Wildman–Crippen LogP) is 8.05. The Kier molecular flexibility index (Phi) is 17.9. The first-order valence-electron chi connectivity index (χ1n) is 9.44. The fourth-order valence-electron chi connectivity index (χ4n) is 2.27. The molecule has 0 spiro atoms. The van der Waals surface area contributed by atoms with E-state index >= 15 is 0 Å². The second kappa shape index (κ2) is 18.0. The summed E-state index contributed by atoms with van der Waals surface area (Å²) in [7, 11) is 3.50. The largest absolute Gasteiger partial charge is 0.496 e. The lowest BCUT2D eigenvalue weighted by Crippen LogP contribution is -1.98. The molecule has 3 heteroatoms. The van der Waals surface area contributed by atoms with Crippen molar-refractivity contribution in [3.05, 3.63) is 88.9 Å². The van der Waals surface area contributed by atoms with Crippen LogP contribution in [0.15, 0.2) is 89.0 Å². The summed E-state index contributed by atoms with van der Waals surface area (Å²) < 4.78 is 5.51. The summed E-state index contributed by atoms with van der Waals surface area (Å²) in [5.74, 6) is 0.901. The first-order chi connectivity index (χ1) is 13.5. The molecule has 0 aliphatic heterocycles. The van der Waals surface area contributed by atoms with Crippen LogP contribution < -0.4 is 0 Å². The van der Waals surface area contributed by atoms with Gasteiger partial charge in [0.2, 0.25) is 0 Å². The van der Waals surface area contributed by atoms with Crippen molar-refractivity contribution in [1.82, 2.24) is 0 Å². The Bertz CT molecular complexity index is 697. The highest BCUT2D eigenvalue weighted by molar-refractivity contribution is 7.10. The average molecular weight is 400 g/mol. The van der Waals surface area contributed by atoms with E-state index in [4.69, 9.17) is 4.74 Å². The van der Waals surface area contributed by atoms with E-state index in [1.807, 2.05) is 58.9 Å². The summed E-state index contributed by atoms with van der Waals surface area (Å²) in [4.78, 5) is 5.52. The molecule has 0 bridgehead atoms. The SMILES string of the molecule is C=C.C=C(C/C=C\C(/C=C/c1cccs1)=NC)/C(=C/C)C(OC)=C(C)C.CC. The Morgan fingerprint density at radius 3 is 2.29 bits per heavy atom. The molecule has 0 saturated heterocycles. The first kappa shape index (κ1) is 27.8. The normalized spacial score (nSPS) is 11.4. The van der Waals surface area contributed by atoms with Gasteiger partial charge < -0.3 is 4.74 Å². The molecule has 0 atom stereocenters. The van der Waals surface area contributed by atoms with E-state index in [9.17, 15) is 0 Å². The molecule has 0 aliphatic carbocycles. The van der Waals surface area contributed by atoms with Gasteiger partial charge in [0.25, 0.3) is 0 Å². The van der Waals surface area contributed by atoms with Crippen LogP contribution in [0.5, 0.6) is 0 Å². The minimum absolute atomic E-state index is 0.756. The van der Waals surface area contributed by atoms with Crippen LogP contribution in [0.25, 0.3) is 6.08 Å². The van der Waals surface area contributed by atoms with Gasteiger partial charge in [0, 0.05) is 17.5 Å². The summed E-state index contributed by atoms with van der Waals surface area (Å²) in [6.45, 7) is 20.3. The van der Waals surface area contributed by atoms with Crippen molar-refractivity contribution in [3.8, 4) is 0 Å². The fraction of sp³-hybridized carbons (Fsp3) is 0.320. The molecule has 0 fully saturated rings. The van der Waals surface area contributed by atoms with Gasteiger partial charge in [0.1, 0.15) is 5.76 Å². The zero-order valence-corrected chi connectivity index (χ0v) is 19.5. The van der Waals surface area contributed by atoms with Gasteiger partial charge in [0.05, 0.1) is 12.8 Å².